The lowest BCUT2D eigenvalue weighted by atomic mass is 10.1. The van der Waals surface area contributed by atoms with Gasteiger partial charge in [0.15, 0.2) is 0 Å². The smallest absolute Gasteiger partial charge is 0.291 e. The summed E-state index contributed by atoms with van der Waals surface area (Å²) in [5.74, 6) is 0.520. The van der Waals surface area contributed by atoms with Crippen LogP contribution < -0.4 is 10.1 Å². The first kappa shape index (κ1) is 20.9. The molecule has 4 rings (SSSR count). The summed E-state index contributed by atoms with van der Waals surface area (Å²) in [6, 6.07) is 15.0. The molecule has 1 saturated heterocycles. The number of amides is 2. The molecule has 0 unspecified atom stereocenters. The number of carbonyl (C=O) groups is 2. The van der Waals surface area contributed by atoms with Gasteiger partial charge < -0.3 is 24.1 Å². The molecular weight excluding hydrogens is 396 g/mol. The van der Waals surface area contributed by atoms with Crippen LogP contribution in [0.3, 0.4) is 0 Å². The van der Waals surface area contributed by atoms with E-state index in [4.69, 9.17) is 13.9 Å². The highest BCUT2D eigenvalue weighted by molar-refractivity contribution is 6.10. The summed E-state index contributed by atoms with van der Waals surface area (Å²) in [5, 5.41) is 3.63. The van der Waals surface area contributed by atoms with Gasteiger partial charge >= 0.3 is 0 Å². The van der Waals surface area contributed by atoms with Gasteiger partial charge in [-0.2, -0.15) is 0 Å². The van der Waals surface area contributed by atoms with Gasteiger partial charge in [0.1, 0.15) is 17.0 Å². The van der Waals surface area contributed by atoms with Crippen LogP contribution in [0.2, 0.25) is 0 Å². The minimum Gasteiger partial charge on any atom is -0.494 e. The molecule has 0 aliphatic carbocycles. The molecular formula is C24H26N2O5. The molecule has 31 heavy (non-hydrogen) atoms. The molecule has 1 aliphatic rings. The Hall–Kier alpha value is -3.32. The van der Waals surface area contributed by atoms with E-state index in [1.807, 2.05) is 49.4 Å². The Bertz CT molecular complexity index is 1070. The number of benzene rings is 2. The van der Waals surface area contributed by atoms with E-state index in [0.717, 1.165) is 11.3 Å². The molecule has 162 valence electrons. The molecule has 0 radical (unpaired) electrons. The lowest BCUT2D eigenvalue weighted by Crippen LogP contribution is -2.40. The first-order chi connectivity index (χ1) is 15.2. The third kappa shape index (κ3) is 4.72. The van der Waals surface area contributed by atoms with Crippen LogP contribution in [-0.2, 0) is 16.0 Å². The summed E-state index contributed by atoms with van der Waals surface area (Å²) in [7, 11) is 0. The predicted octanol–water partition coefficient (Wildman–Crippen LogP) is 3.88. The Labute approximate surface area is 180 Å². The SMILES string of the molecule is CCOc1ccccc1CCC(=O)Nc1c(C(=O)N2CCOCC2)oc2ccccc12. The monoisotopic (exact) mass is 422 g/mol. The van der Waals surface area contributed by atoms with Gasteiger partial charge in [0, 0.05) is 24.9 Å². The zero-order valence-corrected chi connectivity index (χ0v) is 17.6. The lowest BCUT2D eigenvalue weighted by molar-refractivity contribution is -0.116. The largest absolute Gasteiger partial charge is 0.494 e. The Morgan fingerprint density at radius 2 is 1.81 bits per heavy atom. The number of para-hydroxylation sites is 2. The number of morpholine rings is 1. The van der Waals surface area contributed by atoms with Crippen LogP contribution in [-0.4, -0.2) is 49.6 Å². The predicted molar refractivity (Wildman–Crippen MR) is 117 cm³/mol. The van der Waals surface area contributed by atoms with Crippen molar-refractivity contribution in [1.29, 1.82) is 0 Å². The molecule has 0 saturated carbocycles. The van der Waals surface area contributed by atoms with Crippen molar-refractivity contribution >= 4 is 28.5 Å². The fraction of sp³-hybridized carbons (Fsp3) is 0.333. The molecule has 1 N–H and O–H groups in total. The molecule has 7 nitrogen and oxygen atoms in total. The molecule has 0 atom stereocenters. The molecule has 0 bridgehead atoms. The summed E-state index contributed by atoms with van der Waals surface area (Å²) < 4.78 is 16.8. The Balaban J connectivity index is 1.53. The maximum Gasteiger partial charge on any atom is 0.291 e. The number of nitrogens with zero attached hydrogens (tertiary/aromatic N) is 1. The number of nitrogens with one attached hydrogen (secondary N) is 1. The molecule has 3 aromatic rings. The summed E-state index contributed by atoms with van der Waals surface area (Å²) >= 11 is 0. The minimum atomic E-state index is -0.239. The van der Waals surface area contributed by atoms with Crippen molar-refractivity contribution < 1.29 is 23.5 Å². The van der Waals surface area contributed by atoms with Crippen molar-refractivity contribution in [3.05, 3.63) is 59.9 Å². The third-order valence-electron chi connectivity index (χ3n) is 5.25. The maximum atomic E-state index is 13.1. The number of carbonyl (C=O) groups excluding carboxylic acids is 2. The van der Waals surface area contributed by atoms with Crippen LogP contribution in [0.25, 0.3) is 11.0 Å². The van der Waals surface area contributed by atoms with Crippen LogP contribution in [0.15, 0.2) is 52.9 Å². The number of aryl methyl sites for hydroxylation is 1. The van der Waals surface area contributed by atoms with Gasteiger partial charge in [-0.25, -0.2) is 0 Å². The number of anilines is 1. The van der Waals surface area contributed by atoms with Crippen molar-refractivity contribution in [2.75, 3.05) is 38.2 Å². The van der Waals surface area contributed by atoms with Crippen LogP contribution in [0.5, 0.6) is 5.75 Å². The van der Waals surface area contributed by atoms with Crippen molar-refractivity contribution in [3.63, 3.8) is 0 Å². The van der Waals surface area contributed by atoms with Crippen molar-refractivity contribution in [3.8, 4) is 5.75 Å². The van der Waals surface area contributed by atoms with Gasteiger partial charge in [0.05, 0.1) is 19.8 Å². The first-order valence-electron chi connectivity index (χ1n) is 10.6. The second kappa shape index (κ2) is 9.66. The second-order valence-corrected chi connectivity index (χ2v) is 7.30. The molecule has 1 aliphatic heterocycles. The topological polar surface area (TPSA) is 81.0 Å². The zero-order chi connectivity index (χ0) is 21.6. The van der Waals surface area contributed by atoms with E-state index in [2.05, 4.69) is 5.32 Å². The van der Waals surface area contributed by atoms with Crippen LogP contribution in [0.4, 0.5) is 5.69 Å². The number of ether oxygens (including phenoxy) is 2. The van der Waals surface area contributed by atoms with Gasteiger partial charge in [-0.05, 0) is 37.1 Å². The number of hydrogen-bond acceptors (Lipinski definition) is 5. The molecule has 7 heteroatoms. The Kier molecular flexibility index (Phi) is 6.52. The van der Waals surface area contributed by atoms with Gasteiger partial charge in [-0.15, -0.1) is 0 Å². The third-order valence-corrected chi connectivity index (χ3v) is 5.25. The summed E-state index contributed by atoms with van der Waals surface area (Å²) in [5.41, 5.74) is 1.97. The first-order valence-corrected chi connectivity index (χ1v) is 10.6. The highest BCUT2D eigenvalue weighted by atomic mass is 16.5. The van der Waals surface area contributed by atoms with E-state index in [0.29, 0.717) is 56.0 Å². The molecule has 2 aromatic carbocycles. The van der Waals surface area contributed by atoms with E-state index >= 15 is 0 Å². The van der Waals surface area contributed by atoms with E-state index in [9.17, 15) is 9.59 Å². The number of rotatable bonds is 7. The van der Waals surface area contributed by atoms with Crippen LogP contribution in [0, 0.1) is 0 Å². The van der Waals surface area contributed by atoms with E-state index in [1.54, 1.807) is 11.0 Å². The second-order valence-electron chi connectivity index (χ2n) is 7.30. The van der Waals surface area contributed by atoms with Gasteiger partial charge in [-0.3, -0.25) is 9.59 Å². The molecule has 2 amide bonds. The highest BCUT2D eigenvalue weighted by Gasteiger charge is 2.27. The summed E-state index contributed by atoms with van der Waals surface area (Å²) in [6.45, 7) is 4.48. The summed E-state index contributed by atoms with van der Waals surface area (Å²) in [6.07, 6.45) is 0.791. The standard InChI is InChI=1S/C24H26N2O5/c1-2-30-19-9-5-3-7-17(19)11-12-21(27)25-22-18-8-4-6-10-20(18)31-23(22)24(28)26-13-15-29-16-14-26/h3-10H,2,11-16H2,1H3,(H,25,27). The average Bonchev–Trinajstić information content (AvgIpc) is 3.17. The molecule has 1 fully saturated rings. The normalized spacial score (nSPS) is 13.9. The Morgan fingerprint density at radius 3 is 2.61 bits per heavy atom. The van der Waals surface area contributed by atoms with E-state index < -0.39 is 0 Å². The Morgan fingerprint density at radius 1 is 1.06 bits per heavy atom. The fourth-order valence-electron chi connectivity index (χ4n) is 3.69. The molecule has 1 aromatic heterocycles. The van der Waals surface area contributed by atoms with Crippen molar-refractivity contribution in [2.24, 2.45) is 0 Å². The van der Waals surface area contributed by atoms with Gasteiger partial charge in [0.2, 0.25) is 11.7 Å². The van der Waals surface area contributed by atoms with Crippen molar-refractivity contribution in [2.45, 2.75) is 19.8 Å². The van der Waals surface area contributed by atoms with E-state index in [1.165, 1.54) is 0 Å². The van der Waals surface area contributed by atoms with Crippen LogP contribution in [0.1, 0.15) is 29.5 Å². The lowest BCUT2D eigenvalue weighted by Gasteiger charge is -2.26. The highest BCUT2D eigenvalue weighted by Crippen LogP contribution is 2.32. The van der Waals surface area contributed by atoms with Crippen molar-refractivity contribution in [1.82, 2.24) is 4.90 Å². The van der Waals surface area contributed by atoms with Gasteiger partial charge in [0.25, 0.3) is 5.91 Å². The van der Waals surface area contributed by atoms with Gasteiger partial charge in [-0.1, -0.05) is 30.3 Å². The number of fused-ring (bicyclic) bond motifs is 1. The number of furan rings is 1. The minimum absolute atomic E-state index is 0.158. The summed E-state index contributed by atoms with van der Waals surface area (Å²) in [4.78, 5) is 27.6. The quantitative estimate of drug-likeness (QED) is 0.625. The van der Waals surface area contributed by atoms with E-state index in [-0.39, 0.29) is 24.0 Å². The zero-order valence-electron chi connectivity index (χ0n) is 17.6. The molecule has 2 heterocycles. The van der Waals surface area contributed by atoms with Crippen LogP contribution >= 0.6 is 0 Å². The average molecular weight is 422 g/mol. The maximum absolute atomic E-state index is 13.1. The fourth-order valence-corrected chi connectivity index (χ4v) is 3.69. The molecule has 0 spiro atoms. The number of hydrogen-bond donors (Lipinski definition) is 1.